The summed E-state index contributed by atoms with van der Waals surface area (Å²) in [6.45, 7) is 4.48. The summed E-state index contributed by atoms with van der Waals surface area (Å²) in [5.41, 5.74) is 3.79. The monoisotopic (exact) mass is 244 g/mol. The number of halogens is 1. The average molecular weight is 245 g/mol. The molecule has 1 heteroatoms. The summed E-state index contributed by atoms with van der Waals surface area (Å²) in [6, 6.07) is 16.7. The van der Waals surface area contributed by atoms with Gasteiger partial charge in [-0.15, -0.1) is 0 Å². The van der Waals surface area contributed by atoms with E-state index in [-0.39, 0.29) is 0 Å². The lowest BCUT2D eigenvalue weighted by Gasteiger charge is -2.07. The molecule has 0 radical (unpaired) electrons. The Morgan fingerprint density at radius 3 is 2.24 bits per heavy atom. The highest BCUT2D eigenvalue weighted by molar-refractivity contribution is 6.30. The fraction of sp³-hybridized carbons (Fsp3) is 0.250. The molecular weight excluding hydrogens is 228 g/mol. The molecule has 0 aliphatic rings. The second kappa shape index (κ2) is 5.37. The minimum absolute atomic E-state index is 0.701. The van der Waals surface area contributed by atoms with E-state index in [1.54, 1.807) is 0 Å². The van der Waals surface area contributed by atoms with Crippen LogP contribution in [0.3, 0.4) is 0 Å². The van der Waals surface area contributed by atoms with Crippen LogP contribution in [-0.2, 0) is 6.42 Å². The van der Waals surface area contributed by atoms with Gasteiger partial charge in [0.1, 0.15) is 0 Å². The van der Waals surface area contributed by atoms with Crippen molar-refractivity contribution in [2.45, 2.75) is 20.3 Å². The first kappa shape index (κ1) is 12.2. The number of benzene rings is 2. The standard InChI is InChI=1S/C16H17Cl/c1-12(2)10-13-6-8-14(9-7-13)15-4-3-5-16(17)11-15/h3-9,11-12H,10H2,1-2H3. The molecule has 0 atom stereocenters. The highest BCUT2D eigenvalue weighted by Gasteiger charge is 2.00. The third-order valence-corrected chi connectivity index (χ3v) is 2.99. The van der Waals surface area contributed by atoms with Crippen LogP contribution in [0.15, 0.2) is 48.5 Å². The van der Waals surface area contributed by atoms with Crippen molar-refractivity contribution in [2.24, 2.45) is 5.92 Å². The first-order valence-electron chi connectivity index (χ1n) is 6.00. The van der Waals surface area contributed by atoms with Gasteiger partial charge in [-0.2, -0.15) is 0 Å². The maximum atomic E-state index is 5.99. The van der Waals surface area contributed by atoms with E-state index >= 15 is 0 Å². The van der Waals surface area contributed by atoms with E-state index in [1.165, 1.54) is 16.7 Å². The summed E-state index contributed by atoms with van der Waals surface area (Å²) in [7, 11) is 0. The summed E-state index contributed by atoms with van der Waals surface area (Å²) in [4.78, 5) is 0. The number of rotatable bonds is 3. The van der Waals surface area contributed by atoms with Gasteiger partial charge in [0.2, 0.25) is 0 Å². The van der Waals surface area contributed by atoms with E-state index in [0.29, 0.717) is 5.92 Å². The molecule has 0 heterocycles. The predicted octanol–water partition coefficient (Wildman–Crippen LogP) is 5.21. The molecule has 0 aromatic heterocycles. The first-order chi connectivity index (χ1) is 8.15. The maximum Gasteiger partial charge on any atom is 0.0412 e. The molecule has 0 bridgehead atoms. The minimum atomic E-state index is 0.701. The minimum Gasteiger partial charge on any atom is -0.0843 e. The van der Waals surface area contributed by atoms with Crippen molar-refractivity contribution in [2.75, 3.05) is 0 Å². The average Bonchev–Trinajstić information content (AvgIpc) is 2.29. The second-order valence-corrected chi connectivity index (χ2v) is 5.24. The van der Waals surface area contributed by atoms with Gasteiger partial charge in [0.05, 0.1) is 0 Å². The lowest BCUT2D eigenvalue weighted by molar-refractivity contribution is 0.647. The molecule has 0 aliphatic carbocycles. The Labute approximate surface area is 108 Å². The SMILES string of the molecule is CC(C)Cc1ccc(-c2cccc(Cl)c2)cc1. The fourth-order valence-electron chi connectivity index (χ4n) is 1.97. The lowest BCUT2D eigenvalue weighted by atomic mass is 9.99. The molecule has 0 nitrogen and oxygen atoms in total. The summed E-state index contributed by atoms with van der Waals surface area (Å²) < 4.78 is 0. The Hall–Kier alpha value is -1.27. The Balaban J connectivity index is 2.23. The molecule has 2 aromatic rings. The molecule has 0 aliphatic heterocycles. The molecule has 0 spiro atoms. The van der Waals surface area contributed by atoms with Crippen molar-refractivity contribution in [1.82, 2.24) is 0 Å². The van der Waals surface area contributed by atoms with E-state index in [2.05, 4.69) is 44.2 Å². The van der Waals surface area contributed by atoms with Crippen LogP contribution in [0.1, 0.15) is 19.4 Å². The normalized spacial score (nSPS) is 10.8. The van der Waals surface area contributed by atoms with Gasteiger partial charge in [-0.25, -0.2) is 0 Å². The third-order valence-electron chi connectivity index (χ3n) is 2.76. The zero-order chi connectivity index (χ0) is 12.3. The van der Waals surface area contributed by atoms with E-state index in [9.17, 15) is 0 Å². The van der Waals surface area contributed by atoms with E-state index in [4.69, 9.17) is 11.6 Å². The molecule has 2 rings (SSSR count). The van der Waals surface area contributed by atoms with Crippen LogP contribution in [0.2, 0.25) is 5.02 Å². The number of hydrogen-bond acceptors (Lipinski definition) is 0. The van der Waals surface area contributed by atoms with E-state index in [1.807, 2.05) is 18.2 Å². The van der Waals surface area contributed by atoms with Gasteiger partial charge in [0, 0.05) is 5.02 Å². The Kier molecular flexibility index (Phi) is 3.86. The number of hydrogen-bond donors (Lipinski definition) is 0. The van der Waals surface area contributed by atoms with Gasteiger partial charge in [0.15, 0.2) is 0 Å². The lowest BCUT2D eigenvalue weighted by Crippen LogP contribution is -1.93. The van der Waals surface area contributed by atoms with Crippen molar-refractivity contribution < 1.29 is 0 Å². The molecule has 0 fully saturated rings. The van der Waals surface area contributed by atoms with Crippen LogP contribution in [-0.4, -0.2) is 0 Å². The molecule has 2 aromatic carbocycles. The fourth-order valence-corrected chi connectivity index (χ4v) is 2.16. The molecule has 0 N–H and O–H groups in total. The van der Waals surface area contributed by atoms with Gasteiger partial charge < -0.3 is 0 Å². The molecular formula is C16H17Cl. The Bertz CT molecular complexity index is 483. The van der Waals surface area contributed by atoms with Gasteiger partial charge in [-0.3, -0.25) is 0 Å². The van der Waals surface area contributed by atoms with Crippen LogP contribution < -0.4 is 0 Å². The highest BCUT2D eigenvalue weighted by atomic mass is 35.5. The van der Waals surface area contributed by atoms with Crippen molar-refractivity contribution >= 4 is 11.6 Å². The molecule has 0 amide bonds. The highest BCUT2D eigenvalue weighted by Crippen LogP contribution is 2.23. The zero-order valence-electron chi connectivity index (χ0n) is 10.3. The molecule has 88 valence electrons. The smallest absolute Gasteiger partial charge is 0.0412 e. The maximum absolute atomic E-state index is 5.99. The van der Waals surface area contributed by atoms with Gasteiger partial charge in [-0.1, -0.05) is 61.8 Å². The predicted molar refractivity (Wildman–Crippen MR) is 75.4 cm³/mol. The Morgan fingerprint density at radius 2 is 1.65 bits per heavy atom. The summed E-state index contributed by atoms with van der Waals surface area (Å²) in [5, 5.41) is 0.786. The van der Waals surface area contributed by atoms with Crippen LogP contribution in [0, 0.1) is 5.92 Å². The molecule has 0 saturated carbocycles. The van der Waals surface area contributed by atoms with Crippen molar-refractivity contribution in [3.63, 3.8) is 0 Å². The molecule has 0 unspecified atom stereocenters. The van der Waals surface area contributed by atoms with Crippen LogP contribution >= 0.6 is 11.6 Å². The van der Waals surface area contributed by atoms with Crippen molar-refractivity contribution in [1.29, 1.82) is 0 Å². The van der Waals surface area contributed by atoms with Gasteiger partial charge in [0.25, 0.3) is 0 Å². The quantitative estimate of drug-likeness (QED) is 0.696. The van der Waals surface area contributed by atoms with Crippen molar-refractivity contribution in [3.8, 4) is 11.1 Å². The van der Waals surface area contributed by atoms with Crippen LogP contribution in [0.5, 0.6) is 0 Å². The zero-order valence-corrected chi connectivity index (χ0v) is 11.0. The third kappa shape index (κ3) is 3.34. The summed E-state index contributed by atoms with van der Waals surface area (Å²) >= 11 is 5.99. The van der Waals surface area contributed by atoms with Crippen LogP contribution in [0.25, 0.3) is 11.1 Å². The summed E-state index contributed by atoms with van der Waals surface area (Å²) in [5.74, 6) is 0.701. The second-order valence-electron chi connectivity index (χ2n) is 4.81. The first-order valence-corrected chi connectivity index (χ1v) is 6.38. The molecule has 0 saturated heterocycles. The van der Waals surface area contributed by atoms with E-state index < -0.39 is 0 Å². The summed E-state index contributed by atoms with van der Waals surface area (Å²) in [6.07, 6.45) is 1.13. The van der Waals surface area contributed by atoms with E-state index in [0.717, 1.165) is 11.4 Å². The van der Waals surface area contributed by atoms with Crippen molar-refractivity contribution in [3.05, 3.63) is 59.1 Å². The topological polar surface area (TPSA) is 0 Å². The largest absolute Gasteiger partial charge is 0.0843 e. The molecule has 17 heavy (non-hydrogen) atoms. The van der Waals surface area contributed by atoms with Gasteiger partial charge in [-0.05, 0) is 41.2 Å². The Morgan fingerprint density at radius 1 is 0.941 bits per heavy atom. The van der Waals surface area contributed by atoms with Gasteiger partial charge >= 0.3 is 0 Å². The van der Waals surface area contributed by atoms with Crippen LogP contribution in [0.4, 0.5) is 0 Å².